The summed E-state index contributed by atoms with van der Waals surface area (Å²) in [6.45, 7) is 3.90. The number of hydrogen-bond acceptors (Lipinski definition) is 2. The third kappa shape index (κ3) is 3.44. The lowest BCUT2D eigenvalue weighted by atomic mass is 10.1. The van der Waals surface area contributed by atoms with Crippen LogP contribution in [0.2, 0.25) is 0 Å². The zero-order valence-electron chi connectivity index (χ0n) is 5.14. The largest absolute Gasteiger partial charge is 0.393 e. The smallest absolute Gasteiger partial charge is 0.145 e. The van der Waals surface area contributed by atoms with Crippen LogP contribution >= 0.6 is 0 Å². The molecule has 0 aromatic carbocycles. The fourth-order valence-electron chi connectivity index (χ4n) is 0.393. The first-order valence-electron chi connectivity index (χ1n) is 2.52. The van der Waals surface area contributed by atoms with Crippen LogP contribution in [0.4, 0.5) is 0 Å². The maximum atomic E-state index is 9.72. The van der Waals surface area contributed by atoms with Gasteiger partial charge in [-0.3, -0.25) is 0 Å². The van der Waals surface area contributed by atoms with E-state index < -0.39 is 0 Å². The molecule has 0 heterocycles. The van der Waals surface area contributed by atoms with E-state index in [1.165, 1.54) is 0 Å². The molecule has 8 heavy (non-hydrogen) atoms. The maximum Gasteiger partial charge on any atom is 0.145 e. The van der Waals surface area contributed by atoms with Gasteiger partial charge in [-0.05, 0) is 5.92 Å². The van der Waals surface area contributed by atoms with Crippen molar-refractivity contribution >= 4 is 5.94 Å². The summed E-state index contributed by atoms with van der Waals surface area (Å²) in [5.74, 6) is 1.92. The molecular weight excluding hydrogens is 102 g/mol. The maximum absolute atomic E-state index is 9.72. The second kappa shape index (κ2) is 3.28. The highest BCUT2D eigenvalue weighted by atomic mass is 16.1. The quantitative estimate of drug-likeness (QED) is 0.529. The topological polar surface area (TPSA) is 43.1 Å². The molecule has 0 atom stereocenters. The SMILES string of the molecule is CC(C)[CH]C(N)=C=O. The molecule has 1 radical (unpaired) electrons. The van der Waals surface area contributed by atoms with Crippen molar-refractivity contribution in [3.63, 3.8) is 0 Å². The number of carbonyl (C=O) groups excluding carboxylic acids is 1. The Bertz CT molecular complexity index is 112. The van der Waals surface area contributed by atoms with Gasteiger partial charge in [0.15, 0.2) is 0 Å². The molecule has 0 rings (SSSR count). The van der Waals surface area contributed by atoms with Crippen molar-refractivity contribution in [2.24, 2.45) is 11.7 Å². The fraction of sp³-hybridized carbons (Fsp3) is 0.500. The van der Waals surface area contributed by atoms with Gasteiger partial charge in [-0.1, -0.05) is 13.8 Å². The summed E-state index contributed by atoms with van der Waals surface area (Å²) >= 11 is 0. The van der Waals surface area contributed by atoms with Crippen LogP contribution in [0, 0.1) is 12.3 Å². The minimum atomic E-state index is 0.194. The molecule has 0 spiro atoms. The van der Waals surface area contributed by atoms with Gasteiger partial charge in [-0.15, -0.1) is 0 Å². The lowest BCUT2D eigenvalue weighted by Crippen LogP contribution is -2.02. The molecule has 0 bridgehead atoms. The zero-order valence-corrected chi connectivity index (χ0v) is 5.14. The predicted octanol–water partition coefficient (Wildman–Crippen LogP) is 0.521. The monoisotopic (exact) mass is 112 g/mol. The third-order valence-electron chi connectivity index (χ3n) is 0.631. The fourth-order valence-corrected chi connectivity index (χ4v) is 0.393. The summed E-state index contributed by atoms with van der Waals surface area (Å²) in [7, 11) is 0. The molecule has 0 unspecified atom stereocenters. The molecule has 2 nitrogen and oxygen atoms in total. The minimum absolute atomic E-state index is 0.194. The van der Waals surface area contributed by atoms with Gasteiger partial charge in [-0.25, -0.2) is 4.79 Å². The second-order valence-corrected chi connectivity index (χ2v) is 1.97. The third-order valence-corrected chi connectivity index (χ3v) is 0.631. The summed E-state index contributed by atoms with van der Waals surface area (Å²) in [5.41, 5.74) is 5.31. The van der Waals surface area contributed by atoms with Crippen LogP contribution < -0.4 is 5.73 Å². The van der Waals surface area contributed by atoms with Crippen molar-refractivity contribution < 1.29 is 4.79 Å². The Balaban J connectivity index is 3.56. The first-order chi connectivity index (χ1) is 3.66. The van der Waals surface area contributed by atoms with Crippen LogP contribution in [0.1, 0.15) is 13.8 Å². The van der Waals surface area contributed by atoms with E-state index in [2.05, 4.69) is 0 Å². The van der Waals surface area contributed by atoms with Gasteiger partial charge < -0.3 is 5.73 Å². The molecule has 0 aliphatic carbocycles. The van der Waals surface area contributed by atoms with Crippen molar-refractivity contribution in [2.75, 3.05) is 0 Å². The molecule has 0 fully saturated rings. The van der Waals surface area contributed by atoms with E-state index in [4.69, 9.17) is 5.73 Å². The van der Waals surface area contributed by atoms with E-state index >= 15 is 0 Å². The van der Waals surface area contributed by atoms with E-state index in [1.54, 1.807) is 12.4 Å². The highest BCUT2D eigenvalue weighted by molar-refractivity contribution is 5.53. The van der Waals surface area contributed by atoms with Gasteiger partial charge in [0.25, 0.3) is 0 Å². The Labute approximate surface area is 49.4 Å². The Morgan fingerprint density at radius 3 is 2.38 bits per heavy atom. The van der Waals surface area contributed by atoms with Crippen molar-refractivity contribution in [3.05, 3.63) is 12.1 Å². The molecule has 2 heteroatoms. The van der Waals surface area contributed by atoms with Gasteiger partial charge in [0.2, 0.25) is 0 Å². The highest BCUT2D eigenvalue weighted by Gasteiger charge is 1.95. The van der Waals surface area contributed by atoms with Crippen LogP contribution in [0.25, 0.3) is 0 Å². The van der Waals surface area contributed by atoms with Crippen LogP contribution in [0.5, 0.6) is 0 Å². The van der Waals surface area contributed by atoms with E-state index in [-0.39, 0.29) is 5.70 Å². The number of nitrogens with two attached hydrogens (primary N) is 1. The van der Waals surface area contributed by atoms with Gasteiger partial charge in [0.05, 0.1) is 5.70 Å². The van der Waals surface area contributed by atoms with Gasteiger partial charge >= 0.3 is 0 Å². The molecule has 0 saturated heterocycles. The second-order valence-electron chi connectivity index (χ2n) is 1.97. The van der Waals surface area contributed by atoms with Crippen LogP contribution in [-0.4, -0.2) is 5.94 Å². The van der Waals surface area contributed by atoms with E-state index in [0.29, 0.717) is 5.92 Å². The summed E-state index contributed by atoms with van der Waals surface area (Å²) in [5, 5.41) is 0. The molecule has 0 aromatic heterocycles. The molecule has 0 saturated carbocycles. The van der Waals surface area contributed by atoms with E-state index in [9.17, 15) is 4.79 Å². The van der Waals surface area contributed by atoms with Crippen molar-refractivity contribution in [2.45, 2.75) is 13.8 Å². The van der Waals surface area contributed by atoms with Gasteiger partial charge in [0, 0.05) is 6.42 Å². The molecule has 0 aliphatic rings. The normalized spacial score (nSPS) is 8.88. The Hall–Kier alpha value is -0.750. The molecule has 2 N–H and O–H groups in total. The number of hydrogen-bond donors (Lipinski definition) is 1. The highest BCUT2D eigenvalue weighted by Crippen LogP contribution is 1.99. The van der Waals surface area contributed by atoms with Crippen LogP contribution in [-0.2, 0) is 4.79 Å². The van der Waals surface area contributed by atoms with E-state index in [1.807, 2.05) is 13.8 Å². The summed E-state index contributed by atoms with van der Waals surface area (Å²) in [4.78, 5) is 9.72. The summed E-state index contributed by atoms with van der Waals surface area (Å²) in [6, 6.07) is 0. The Morgan fingerprint density at radius 2 is 2.25 bits per heavy atom. The molecule has 0 amide bonds. The summed E-state index contributed by atoms with van der Waals surface area (Å²) in [6.07, 6.45) is 1.66. The first-order valence-corrected chi connectivity index (χ1v) is 2.52. The van der Waals surface area contributed by atoms with Crippen molar-refractivity contribution in [1.29, 1.82) is 0 Å². The number of allylic oxidation sites excluding steroid dienone is 1. The Kier molecular flexibility index (Phi) is 2.97. The summed E-state index contributed by atoms with van der Waals surface area (Å²) < 4.78 is 0. The molecular formula is C6H10NO. The number of rotatable bonds is 2. The van der Waals surface area contributed by atoms with Crippen molar-refractivity contribution in [3.8, 4) is 0 Å². The average molecular weight is 112 g/mol. The lowest BCUT2D eigenvalue weighted by Gasteiger charge is -1.97. The first kappa shape index (κ1) is 7.25. The van der Waals surface area contributed by atoms with E-state index in [0.717, 1.165) is 0 Å². The standard InChI is InChI=1S/C6H10NO/c1-5(2)3-6(7)4-8/h3,5H,7H2,1-2H3. The lowest BCUT2D eigenvalue weighted by molar-refractivity contribution is 0.566. The average Bonchev–Trinajstić information content (AvgIpc) is 1.65. The minimum Gasteiger partial charge on any atom is -0.393 e. The molecule has 45 valence electrons. The molecule has 0 aliphatic heterocycles. The molecule has 0 aromatic rings. The van der Waals surface area contributed by atoms with Gasteiger partial charge in [-0.2, -0.15) is 0 Å². The van der Waals surface area contributed by atoms with Gasteiger partial charge in [0.1, 0.15) is 5.94 Å². The van der Waals surface area contributed by atoms with Crippen molar-refractivity contribution in [1.82, 2.24) is 0 Å². The Morgan fingerprint density at radius 1 is 1.75 bits per heavy atom. The van der Waals surface area contributed by atoms with Crippen LogP contribution in [0.15, 0.2) is 5.70 Å². The zero-order chi connectivity index (χ0) is 6.57. The predicted molar refractivity (Wildman–Crippen MR) is 32.5 cm³/mol. The van der Waals surface area contributed by atoms with Crippen LogP contribution in [0.3, 0.4) is 0 Å².